The smallest absolute Gasteiger partial charge is 0.251 e. The maximum atomic E-state index is 11.7. The number of carbonyl (C=O) groups is 1. The molecule has 0 radical (unpaired) electrons. The Morgan fingerprint density at radius 1 is 1.46 bits per heavy atom. The van der Waals surface area contributed by atoms with Gasteiger partial charge in [-0.1, -0.05) is 0 Å². The lowest BCUT2D eigenvalue weighted by Crippen LogP contribution is -2.41. The van der Waals surface area contributed by atoms with Gasteiger partial charge in [-0.3, -0.25) is 9.69 Å². The summed E-state index contributed by atoms with van der Waals surface area (Å²) in [6.45, 7) is 3.64. The maximum Gasteiger partial charge on any atom is 0.251 e. The molecule has 0 atom stereocenters. The first kappa shape index (κ1) is 10.4. The van der Waals surface area contributed by atoms with Crippen LogP contribution in [0.3, 0.4) is 0 Å². The molecule has 0 aromatic rings. The van der Waals surface area contributed by atoms with E-state index in [2.05, 4.69) is 10.2 Å². The highest BCUT2D eigenvalue weighted by Gasteiger charge is 2.09. The van der Waals surface area contributed by atoms with Gasteiger partial charge in [0.25, 0.3) is 5.91 Å². The second-order valence-corrected chi connectivity index (χ2v) is 2.94. The van der Waals surface area contributed by atoms with Gasteiger partial charge in [0.1, 0.15) is 0 Å². The summed E-state index contributed by atoms with van der Waals surface area (Å²) < 4.78 is 16.9. The summed E-state index contributed by atoms with van der Waals surface area (Å²) in [5.74, 6) is -0.534. The lowest BCUT2D eigenvalue weighted by molar-refractivity contribution is -0.122. The van der Waals surface area contributed by atoms with Crippen molar-refractivity contribution in [2.24, 2.45) is 0 Å². The molecule has 13 heavy (non-hydrogen) atoms. The lowest BCUT2D eigenvalue weighted by atomic mass is 10.4. The SMILES string of the molecule is O=C(CF)NCCN1CCOCC1. The molecule has 1 N–H and O–H groups in total. The van der Waals surface area contributed by atoms with Crippen molar-refractivity contribution in [2.45, 2.75) is 0 Å². The Hall–Kier alpha value is -0.680. The van der Waals surface area contributed by atoms with Crippen LogP contribution in [0.15, 0.2) is 0 Å². The molecule has 0 aromatic heterocycles. The number of hydrogen-bond acceptors (Lipinski definition) is 3. The molecule has 0 aromatic carbocycles. The number of ether oxygens (including phenoxy) is 1. The zero-order valence-electron chi connectivity index (χ0n) is 7.59. The number of hydrogen-bond donors (Lipinski definition) is 1. The molecule has 5 heteroatoms. The van der Waals surface area contributed by atoms with Crippen LogP contribution < -0.4 is 5.32 Å². The van der Waals surface area contributed by atoms with Gasteiger partial charge in [0.05, 0.1) is 13.2 Å². The predicted octanol–water partition coefficient (Wildman–Crippen LogP) is -0.596. The number of morpholine rings is 1. The van der Waals surface area contributed by atoms with Crippen LogP contribution in [-0.4, -0.2) is 56.9 Å². The standard InChI is InChI=1S/C8H15FN2O2/c9-7-8(12)10-1-2-11-3-5-13-6-4-11/h1-7H2,(H,10,12). The van der Waals surface area contributed by atoms with Gasteiger partial charge in [0.15, 0.2) is 6.67 Å². The summed E-state index contributed by atoms with van der Waals surface area (Å²) in [5, 5.41) is 2.48. The zero-order chi connectivity index (χ0) is 9.52. The Kier molecular flexibility index (Phi) is 4.70. The van der Waals surface area contributed by atoms with Crippen LogP contribution in [0.2, 0.25) is 0 Å². The van der Waals surface area contributed by atoms with Crippen LogP contribution in [0, 0.1) is 0 Å². The highest BCUT2D eigenvalue weighted by Crippen LogP contribution is 1.94. The van der Waals surface area contributed by atoms with Crippen molar-refractivity contribution in [2.75, 3.05) is 46.1 Å². The molecule has 4 nitrogen and oxygen atoms in total. The molecule has 1 aliphatic heterocycles. The van der Waals surface area contributed by atoms with Gasteiger partial charge in [0, 0.05) is 26.2 Å². The first-order valence-corrected chi connectivity index (χ1v) is 4.45. The molecule has 0 bridgehead atoms. The average Bonchev–Trinajstić information content (AvgIpc) is 2.19. The van der Waals surface area contributed by atoms with Crippen LogP contribution in [0.5, 0.6) is 0 Å². The number of alkyl halides is 1. The molecule has 0 saturated carbocycles. The van der Waals surface area contributed by atoms with Crippen LogP contribution in [0.4, 0.5) is 4.39 Å². The first-order chi connectivity index (χ1) is 6.33. The van der Waals surface area contributed by atoms with Crippen LogP contribution in [-0.2, 0) is 9.53 Å². The molecule has 0 unspecified atom stereocenters. The van der Waals surface area contributed by atoms with Crippen molar-refractivity contribution in [3.63, 3.8) is 0 Å². The maximum absolute atomic E-state index is 11.7. The van der Waals surface area contributed by atoms with Crippen molar-refractivity contribution >= 4 is 5.91 Å². The highest BCUT2D eigenvalue weighted by atomic mass is 19.1. The second-order valence-electron chi connectivity index (χ2n) is 2.94. The molecular weight excluding hydrogens is 175 g/mol. The molecule has 1 saturated heterocycles. The molecule has 0 aliphatic carbocycles. The van der Waals surface area contributed by atoms with E-state index in [-0.39, 0.29) is 0 Å². The van der Waals surface area contributed by atoms with E-state index in [0.717, 1.165) is 32.8 Å². The fourth-order valence-corrected chi connectivity index (χ4v) is 1.23. The summed E-state index contributed by atoms with van der Waals surface area (Å²) in [5.41, 5.74) is 0. The van der Waals surface area contributed by atoms with Gasteiger partial charge in [-0.05, 0) is 0 Å². The van der Waals surface area contributed by atoms with E-state index >= 15 is 0 Å². The summed E-state index contributed by atoms with van der Waals surface area (Å²) >= 11 is 0. The van der Waals surface area contributed by atoms with Crippen molar-refractivity contribution in [1.29, 1.82) is 0 Å². The van der Waals surface area contributed by atoms with E-state index in [4.69, 9.17) is 4.74 Å². The molecular formula is C8H15FN2O2. The number of carbonyl (C=O) groups excluding carboxylic acids is 1. The summed E-state index contributed by atoms with van der Waals surface area (Å²) in [7, 11) is 0. The van der Waals surface area contributed by atoms with Crippen LogP contribution >= 0.6 is 0 Å². The Balaban J connectivity index is 2.01. The lowest BCUT2D eigenvalue weighted by Gasteiger charge is -2.26. The van der Waals surface area contributed by atoms with E-state index in [9.17, 15) is 9.18 Å². The van der Waals surface area contributed by atoms with E-state index in [1.165, 1.54) is 0 Å². The number of halogens is 1. The van der Waals surface area contributed by atoms with E-state index in [1.54, 1.807) is 0 Å². The molecule has 1 amide bonds. The Morgan fingerprint density at radius 3 is 2.77 bits per heavy atom. The minimum Gasteiger partial charge on any atom is -0.379 e. The monoisotopic (exact) mass is 190 g/mol. The predicted molar refractivity (Wildman–Crippen MR) is 46.2 cm³/mol. The molecule has 1 heterocycles. The third-order valence-corrected chi connectivity index (χ3v) is 1.98. The Labute approximate surface area is 77.0 Å². The first-order valence-electron chi connectivity index (χ1n) is 4.45. The van der Waals surface area contributed by atoms with Crippen molar-refractivity contribution < 1.29 is 13.9 Å². The highest BCUT2D eigenvalue weighted by molar-refractivity contribution is 5.76. The van der Waals surface area contributed by atoms with E-state index in [0.29, 0.717) is 6.54 Å². The van der Waals surface area contributed by atoms with Crippen LogP contribution in [0.25, 0.3) is 0 Å². The normalized spacial score (nSPS) is 18.5. The molecule has 1 aliphatic rings. The summed E-state index contributed by atoms with van der Waals surface area (Å²) in [4.78, 5) is 12.7. The largest absolute Gasteiger partial charge is 0.379 e. The fraction of sp³-hybridized carbons (Fsp3) is 0.875. The number of amides is 1. The van der Waals surface area contributed by atoms with E-state index in [1.807, 2.05) is 0 Å². The van der Waals surface area contributed by atoms with Gasteiger partial charge < -0.3 is 10.1 Å². The van der Waals surface area contributed by atoms with Crippen molar-refractivity contribution in [3.8, 4) is 0 Å². The van der Waals surface area contributed by atoms with Gasteiger partial charge in [-0.25, -0.2) is 4.39 Å². The number of rotatable bonds is 4. The second kappa shape index (κ2) is 5.88. The summed E-state index contributed by atoms with van der Waals surface area (Å²) in [6, 6.07) is 0. The molecule has 1 rings (SSSR count). The molecule has 76 valence electrons. The quantitative estimate of drug-likeness (QED) is 0.644. The van der Waals surface area contributed by atoms with E-state index < -0.39 is 12.6 Å². The van der Waals surface area contributed by atoms with Crippen LogP contribution in [0.1, 0.15) is 0 Å². The summed E-state index contributed by atoms with van der Waals surface area (Å²) in [6.07, 6.45) is 0. The Morgan fingerprint density at radius 2 is 2.15 bits per heavy atom. The average molecular weight is 190 g/mol. The fourth-order valence-electron chi connectivity index (χ4n) is 1.23. The zero-order valence-corrected chi connectivity index (χ0v) is 7.59. The Bertz CT molecular complexity index is 160. The third kappa shape index (κ3) is 4.19. The minimum absolute atomic E-state index is 0.517. The number of nitrogens with one attached hydrogen (secondary N) is 1. The molecule has 0 spiro atoms. The van der Waals surface area contributed by atoms with Gasteiger partial charge in [-0.2, -0.15) is 0 Å². The topological polar surface area (TPSA) is 41.6 Å². The molecule has 1 fully saturated rings. The number of nitrogens with zero attached hydrogens (tertiary/aromatic N) is 1. The van der Waals surface area contributed by atoms with Crippen molar-refractivity contribution in [3.05, 3.63) is 0 Å². The van der Waals surface area contributed by atoms with Gasteiger partial charge in [-0.15, -0.1) is 0 Å². The third-order valence-electron chi connectivity index (χ3n) is 1.98. The van der Waals surface area contributed by atoms with Crippen molar-refractivity contribution in [1.82, 2.24) is 10.2 Å². The van der Waals surface area contributed by atoms with Gasteiger partial charge in [0.2, 0.25) is 0 Å². The van der Waals surface area contributed by atoms with Gasteiger partial charge >= 0.3 is 0 Å². The minimum atomic E-state index is -0.927.